The van der Waals surface area contributed by atoms with Gasteiger partial charge in [-0.3, -0.25) is 0 Å². The van der Waals surface area contributed by atoms with Crippen LogP contribution in [0, 0.1) is 0 Å². The Morgan fingerprint density at radius 1 is 1.00 bits per heavy atom. The molecule has 1 unspecified atom stereocenters. The summed E-state index contributed by atoms with van der Waals surface area (Å²) in [7, 11) is 1.74. The fourth-order valence-electron chi connectivity index (χ4n) is 4.62. The second-order valence-electron chi connectivity index (χ2n) is 8.13. The summed E-state index contributed by atoms with van der Waals surface area (Å²) in [5.41, 5.74) is 6.97. The van der Waals surface area contributed by atoms with Crippen molar-refractivity contribution in [1.29, 1.82) is 0 Å². The molecule has 0 radical (unpaired) electrons. The first-order valence-electron chi connectivity index (χ1n) is 11.0. The minimum absolute atomic E-state index is 0.326. The Balaban J connectivity index is 1.53. The van der Waals surface area contributed by atoms with Crippen LogP contribution in [0.2, 0.25) is 0 Å². The van der Waals surface area contributed by atoms with E-state index in [1.165, 1.54) is 34.4 Å². The summed E-state index contributed by atoms with van der Waals surface area (Å²) in [5.74, 6) is 1.83. The van der Waals surface area contributed by atoms with Crippen molar-refractivity contribution in [2.24, 2.45) is 0 Å². The molecule has 3 heteroatoms. The molecule has 156 valence electrons. The van der Waals surface area contributed by atoms with Gasteiger partial charge in [0.25, 0.3) is 0 Å². The topological polar surface area (TPSA) is 32.7 Å². The molecular weight excluding hydrogens is 370 g/mol. The Hall–Kier alpha value is -2.94. The molecule has 1 atom stereocenters. The second-order valence-corrected chi connectivity index (χ2v) is 8.13. The Kier molecular flexibility index (Phi) is 6.27. The van der Waals surface area contributed by atoms with Crippen molar-refractivity contribution in [3.63, 3.8) is 0 Å². The molecule has 4 rings (SSSR count). The lowest BCUT2D eigenvalue weighted by atomic mass is 9.79. The number of aromatic hydroxyl groups is 1. The number of para-hydroxylation sites is 1. The fraction of sp³-hybridized carbons (Fsp3) is 0.333. The van der Waals surface area contributed by atoms with Crippen molar-refractivity contribution < 1.29 is 9.84 Å². The molecule has 1 aliphatic carbocycles. The number of phenolic OH excluding ortho intramolecular Hbond substituents is 1. The molecule has 0 fully saturated rings. The van der Waals surface area contributed by atoms with Crippen LogP contribution in [0.4, 0.5) is 5.69 Å². The second kappa shape index (κ2) is 9.25. The zero-order valence-corrected chi connectivity index (χ0v) is 18.0. The van der Waals surface area contributed by atoms with Crippen molar-refractivity contribution >= 4 is 5.69 Å². The number of nitrogens with zero attached hydrogens (tertiary/aromatic N) is 1. The molecule has 3 nitrogen and oxygen atoms in total. The molecule has 0 aromatic heterocycles. The van der Waals surface area contributed by atoms with E-state index in [0.29, 0.717) is 11.7 Å². The molecule has 0 aliphatic heterocycles. The van der Waals surface area contributed by atoms with Gasteiger partial charge in [0.05, 0.1) is 7.11 Å². The molecule has 1 aliphatic rings. The van der Waals surface area contributed by atoms with Crippen LogP contribution in [0.15, 0.2) is 66.7 Å². The van der Waals surface area contributed by atoms with Gasteiger partial charge in [-0.1, -0.05) is 36.4 Å². The highest BCUT2D eigenvalue weighted by molar-refractivity contribution is 5.56. The lowest BCUT2D eigenvalue weighted by Crippen LogP contribution is -2.27. The summed E-state index contributed by atoms with van der Waals surface area (Å²) in [6, 6.07) is 23.0. The Labute approximate surface area is 179 Å². The largest absolute Gasteiger partial charge is 0.508 e. The minimum atomic E-state index is 0.326. The number of hydrogen-bond acceptors (Lipinski definition) is 3. The van der Waals surface area contributed by atoms with Crippen LogP contribution in [-0.4, -0.2) is 25.3 Å². The molecule has 1 N–H and O–H groups in total. The Morgan fingerprint density at radius 3 is 2.57 bits per heavy atom. The van der Waals surface area contributed by atoms with Gasteiger partial charge in [-0.2, -0.15) is 0 Å². The smallest absolute Gasteiger partial charge is 0.119 e. The average Bonchev–Trinajstić information content (AvgIpc) is 2.80. The van der Waals surface area contributed by atoms with Crippen LogP contribution >= 0.6 is 0 Å². The maximum Gasteiger partial charge on any atom is 0.119 e. The SMILES string of the molecule is CCN(CCc1ccc(O)cc1)c1ccccc1C1CCc2cc(OC)ccc2C1. The number of fused-ring (bicyclic) bond motifs is 1. The predicted octanol–water partition coefficient (Wildman–Crippen LogP) is 5.74. The summed E-state index contributed by atoms with van der Waals surface area (Å²) < 4.78 is 5.41. The van der Waals surface area contributed by atoms with Crippen LogP contribution in [0.5, 0.6) is 11.5 Å². The van der Waals surface area contributed by atoms with E-state index >= 15 is 0 Å². The summed E-state index contributed by atoms with van der Waals surface area (Å²) in [6.45, 7) is 4.18. The molecule has 0 amide bonds. The van der Waals surface area contributed by atoms with E-state index in [9.17, 15) is 5.11 Å². The number of methoxy groups -OCH3 is 1. The number of hydrogen-bond donors (Lipinski definition) is 1. The first-order valence-corrected chi connectivity index (χ1v) is 11.0. The summed E-state index contributed by atoms with van der Waals surface area (Å²) in [6.07, 6.45) is 4.33. The highest BCUT2D eigenvalue weighted by Crippen LogP contribution is 2.38. The summed E-state index contributed by atoms with van der Waals surface area (Å²) in [5, 5.41) is 9.52. The van der Waals surface area contributed by atoms with Crippen LogP contribution in [-0.2, 0) is 19.3 Å². The number of rotatable bonds is 7. The maximum atomic E-state index is 9.52. The fourth-order valence-corrected chi connectivity index (χ4v) is 4.62. The Morgan fingerprint density at radius 2 is 1.80 bits per heavy atom. The van der Waals surface area contributed by atoms with Gasteiger partial charge in [0.1, 0.15) is 11.5 Å². The van der Waals surface area contributed by atoms with Crippen molar-refractivity contribution in [2.75, 3.05) is 25.1 Å². The van der Waals surface area contributed by atoms with Crippen LogP contribution in [0.1, 0.15) is 41.5 Å². The first-order chi connectivity index (χ1) is 14.7. The van der Waals surface area contributed by atoms with E-state index in [-0.39, 0.29) is 0 Å². The van der Waals surface area contributed by atoms with Crippen LogP contribution in [0.3, 0.4) is 0 Å². The molecular formula is C27H31NO2. The van der Waals surface area contributed by atoms with Crippen molar-refractivity contribution in [3.8, 4) is 11.5 Å². The van der Waals surface area contributed by atoms with E-state index in [4.69, 9.17) is 4.74 Å². The van der Waals surface area contributed by atoms with E-state index in [0.717, 1.165) is 38.1 Å². The van der Waals surface area contributed by atoms with Gasteiger partial charge in [0, 0.05) is 18.8 Å². The molecule has 3 aromatic rings. The standard InChI is InChI=1S/C27H31NO2/c1-3-28(17-16-20-8-13-24(29)14-9-20)27-7-5-4-6-26(27)23-11-10-22-19-25(30-2)15-12-21(22)18-23/h4-9,12-15,19,23,29H,3,10-11,16-18H2,1-2H3. The predicted molar refractivity (Wildman–Crippen MR) is 124 cm³/mol. The first kappa shape index (κ1) is 20.3. The molecule has 3 aromatic carbocycles. The van der Waals surface area contributed by atoms with Crippen molar-refractivity contribution in [2.45, 2.75) is 38.5 Å². The number of anilines is 1. The summed E-state index contributed by atoms with van der Waals surface area (Å²) in [4.78, 5) is 2.49. The third-order valence-electron chi connectivity index (χ3n) is 6.35. The normalized spacial score (nSPS) is 15.5. The third-order valence-corrected chi connectivity index (χ3v) is 6.35. The minimum Gasteiger partial charge on any atom is -0.508 e. The molecule has 30 heavy (non-hydrogen) atoms. The zero-order valence-electron chi connectivity index (χ0n) is 18.0. The number of likely N-dealkylation sites (N-methyl/N-ethyl adjacent to an activating group) is 1. The quantitative estimate of drug-likeness (QED) is 0.548. The summed E-state index contributed by atoms with van der Waals surface area (Å²) >= 11 is 0. The highest BCUT2D eigenvalue weighted by atomic mass is 16.5. The van der Waals surface area contributed by atoms with E-state index in [1.54, 1.807) is 19.2 Å². The van der Waals surface area contributed by atoms with Gasteiger partial charge in [-0.15, -0.1) is 0 Å². The van der Waals surface area contributed by atoms with Gasteiger partial charge in [-0.25, -0.2) is 0 Å². The monoisotopic (exact) mass is 401 g/mol. The van der Waals surface area contributed by atoms with Crippen molar-refractivity contribution in [3.05, 3.63) is 89.0 Å². The molecule has 0 heterocycles. The van der Waals surface area contributed by atoms with Gasteiger partial charge in [-0.05, 0) is 91.1 Å². The maximum absolute atomic E-state index is 9.52. The van der Waals surface area contributed by atoms with Gasteiger partial charge in [0.2, 0.25) is 0 Å². The molecule has 0 spiro atoms. The molecule has 0 saturated heterocycles. The van der Waals surface area contributed by atoms with E-state index in [2.05, 4.69) is 54.3 Å². The zero-order chi connectivity index (χ0) is 20.9. The molecule has 0 bridgehead atoms. The van der Waals surface area contributed by atoms with Gasteiger partial charge >= 0.3 is 0 Å². The average molecular weight is 402 g/mol. The lowest BCUT2D eigenvalue weighted by molar-refractivity contribution is 0.413. The van der Waals surface area contributed by atoms with E-state index < -0.39 is 0 Å². The number of benzene rings is 3. The molecule has 0 saturated carbocycles. The number of phenols is 1. The van der Waals surface area contributed by atoms with Crippen LogP contribution < -0.4 is 9.64 Å². The van der Waals surface area contributed by atoms with Crippen molar-refractivity contribution in [1.82, 2.24) is 0 Å². The van der Waals surface area contributed by atoms with Gasteiger partial charge < -0.3 is 14.7 Å². The lowest BCUT2D eigenvalue weighted by Gasteiger charge is -2.31. The van der Waals surface area contributed by atoms with Crippen LogP contribution in [0.25, 0.3) is 0 Å². The highest BCUT2D eigenvalue weighted by Gasteiger charge is 2.24. The Bertz CT molecular complexity index is 980. The van der Waals surface area contributed by atoms with E-state index in [1.807, 2.05) is 12.1 Å². The number of ether oxygens (including phenoxy) is 1. The number of aryl methyl sites for hydroxylation is 1. The third kappa shape index (κ3) is 4.46. The van der Waals surface area contributed by atoms with Gasteiger partial charge in [0.15, 0.2) is 0 Å².